The van der Waals surface area contributed by atoms with Crippen LogP contribution in [0.15, 0.2) is 24.3 Å². The van der Waals surface area contributed by atoms with Crippen LogP contribution in [0.3, 0.4) is 0 Å². The lowest BCUT2D eigenvalue weighted by molar-refractivity contribution is 0.168. The summed E-state index contributed by atoms with van der Waals surface area (Å²) < 4.78 is 5.71. The molecule has 0 saturated carbocycles. The van der Waals surface area contributed by atoms with Gasteiger partial charge in [-0.25, -0.2) is 0 Å². The molecule has 2 N–H and O–H groups in total. The van der Waals surface area contributed by atoms with E-state index in [1.165, 1.54) is 32.4 Å². The minimum absolute atomic E-state index is 0.748. The normalized spacial score (nSPS) is 17.3. The summed E-state index contributed by atoms with van der Waals surface area (Å²) >= 11 is 5.84. The summed E-state index contributed by atoms with van der Waals surface area (Å²) in [6.07, 6.45) is 4.86. The first-order chi connectivity index (χ1) is 9.78. The van der Waals surface area contributed by atoms with Gasteiger partial charge in [0.2, 0.25) is 0 Å². The van der Waals surface area contributed by atoms with E-state index >= 15 is 0 Å². The van der Waals surface area contributed by atoms with E-state index in [0.29, 0.717) is 0 Å². The molecular weight excluding hydrogens is 272 g/mol. The zero-order valence-electron chi connectivity index (χ0n) is 12.1. The maximum atomic E-state index is 5.84. The van der Waals surface area contributed by atoms with E-state index in [4.69, 9.17) is 22.1 Å². The number of halogens is 1. The van der Waals surface area contributed by atoms with Gasteiger partial charge in [0.05, 0.1) is 6.61 Å². The highest BCUT2D eigenvalue weighted by Crippen LogP contribution is 2.20. The third kappa shape index (κ3) is 5.31. The van der Waals surface area contributed by atoms with Crippen LogP contribution in [-0.4, -0.2) is 37.7 Å². The number of nitrogens with zero attached hydrogens (tertiary/aromatic N) is 1. The first-order valence-corrected chi connectivity index (χ1v) is 7.96. The summed E-state index contributed by atoms with van der Waals surface area (Å²) in [5.41, 5.74) is 5.62. The fourth-order valence-electron chi connectivity index (χ4n) is 2.74. The number of nitrogens with two attached hydrogens (primary N) is 1. The standard InChI is InChI=1S/C16H25ClN2O/c17-15-2-4-16(5-3-15)20-13-1-10-19-11-7-14(6-9-18)8-12-19/h2-5,14H,1,6-13,18H2. The van der Waals surface area contributed by atoms with E-state index in [0.717, 1.165) is 42.8 Å². The zero-order valence-corrected chi connectivity index (χ0v) is 12.8. The summed E-state index contributed by atoms with van der Waals surface area (Å²) in [6.45, 7) is 5.16. The van der Waals surface area contributed by atoms with Gasteiger partial charge in [-0.2, -0.15) is 0 Å². The second-order valence-corrected chi connectivity index (χ2v) is 5.95. The quantitative estimate of drug-likeness (QED) is 0.786. The van der Waals surface area contributed by atoms with Crippen LogP contribution in [0.4, 0.5) is 0 Å². The van der Waals surface area contributed by atoms with Crippen LogP contribution in [-0.2, 0) is 0 Å². The molecular formula is C16H25ClN2O. The van der Waals surface area contributed by atoms with Gasteiger partial charge in [0.25, 0.3) is 0 Å². The number of benzene rings is 1. The Hall–Kier alpha value is -0.770. The van der Waals surface area contributed by atoms with Gasteiger partial charge in [0, 0.05) is 11.6 Å². The van der Waals surface area contributed by atoms with Crippen LogP contribution in [0.5, 0.6) is 5.75 Å². The van der Waals surface area contributed by atoms with Crippen LogP contribution in [0.2, 0.25) is 5.02 Å². The Morgan fingerprint density at radius 1 is 1.20 bits per heavy atom. The van der Waals surface area contributed by atoms with Gasteiger partial charge >= 0.3 is 0 Å². The molecule has 0 aromatic heterocycles. The third-order valence-electron chi connectivity index (χ3n) is 3.98. The van der Waals surface area contributed by atoms with E-state index < -0.39 is 0 Å². The molecule has 0 spiro atoms. The topological polar surface area (TPSA) is 38.5 Å². The molecule has 4 heteroatoms. The van der Waals surface area contributed by atoms with Crippen molar-refractivity contribution < 1.29 is 4.74 Å². The fourth-order valence-corrected chi connectivity index (χ4v) is 2.87. The Morgan fingerprint density at radius 3 is 2.55 bits per heavy atom. The van der Waals surface area contributed by atoms with Crippen LogP contribution in [0.25, 0.3) is 0 Å². The molecule has 0 atom stereocenters. The Morgan fingerprint density at radius 2 is 1.90 bits per heavy atom. The predicted octanol–water partition coefficient (Wildman–Crippen LogP) is 3.17. The molecule has 0 bridgehead atoms. The first kappa shape index (κ1) is 15.6. The molecule has 3 nitrogen and oxygen atoms in total. The van der Waals surface area contributed by atoms with Crippen molar-refractivity contribution in [2.45, 2.75) is 25.7 Å². The molecule has 20 heavy (non-hydrogen) atoms. The van der Waals surface area contributed by atoms with Crippen LogP contribution >= 0.6 is 11.6 Å². The molecule has 0 unspecified atom stereocenters. The molecule has 0 amide bonds. The zero-order chi connectivity index (χ0) is 14.2. The molecule has 1 heterocycles. The second kappa shape index (κ2) is 8.50. The number of hydrogen-bond donors (Lipinski definition) is 1. The van der Waals surface area contributed by atoms with E-state index in [9.17, 15) is 0 Å². The van der Waals surface area contributed by atoms with Gasteiger partial charge in [-0.05, 0) is 75.5 Å². The SMILES string of the molecule is NCCC1CCN(CCCOc2ccc(Cl)cc2)CC1. The van der Waals surface area contributed by atoms with Gasteiger partial charge in [-0.15, -0.1) is 0 Å². The van der Waals surface area contributed by atoms with Crippen molar-refractivity contribution in [1.82, 2.24) is 4.90 Å². The van der Waals surface area contributed by atoms with Crippen molar-refractivity contribution in [2.24, 2.45) is 11.7 Å². The summed E-state index contributed by atoms with van der Waals surface area (Å²) in [5.74, 6) is 1.75. The predicted molar refractivity (Wildman–Crippen MR) is 84.4 cm³/mol. The van der Waals surface area contributed by atoms with Crippen LogP contribution in [0, 0.1) is 5.92 Å². The smallest absolute Gasteiger partial charge is 0.119 e. The largest absolute Gasteiger partial charge is 0.494 e. The monoisotopic (exact) mass is 296 g/mol. The maximum absolute atomic E-state index is 5.84. The van der Waals surface area contributed by atoms with E-state index in [1.54, 1.807) is 0 Å². The maximum Gasteiger partial charge on any atom is 0.119 e. The number of piperidine rings is 1. The van der Waals surface area contributed by atoms with Crippen molar-refractivity contribution in [2.75, 3.05) is 32.8 Å². The molecule has 1 saturated heterocycles. The summed E-state index contributed by atoms with van der Waals surface area (Å²) in [7, 11) is 0. The Balaban J connectivity index is 1.56. The lowest BCUT2D eigenvalue weighted by Crippen LogP contribution is -2.35. The van der Waals surface area contributed by atoms with E-state index in [-0.39, 0.29) is 0 Å². The number of likely N-dealkylation sites (tertiary alicyclic amines) is 1. The molecule has 1 aliphatic rings. The van der Waals surface area contributed by atoms with Gasteiger partial charge in [-0.1, -0.05) is 11.6 Å². The summed E-state index contributed by atoms with van der Waals surface area (Å²) in [4.78, 5) is 2.54. The first-order valence-electron chi connectivity index (χ1n) is 7.58. The minimum atomic E-state index is 0.748. The Labute approximate surface area is 127 Å². The number of ether oxygens (including phenoxy) is 1. The van der Waals surface area contributed by atoms with Crippen molar-refractivity contribution in [1.29, 1.82) is 0 Å². The average Bonchev–Trinajstić information content (AvgIpc) is 2.47. The van der Waals surface area contributed by atoms with Gasteiger partial charge in [0.15, 0.2) is 0 Å². The fraction of sp³-hybridized carbons (Fsp3) is 0.625. The average molecular weight is 297 g/mol. The lowest BCUT2D eigenvalue weighted by atomic mass is 9.93. The van der Waals surface area contributed by atoms with Gasteiger partial charge in [-0.3, -0.25) is 0 Å². The number of hydrogen-bond acceptors (Lipinski definition) is 3. The van der Waals surface area contributed by atoms with Crippen molar-refractivity contribution in [3.05, 3.63) is 29.3 Å². The second-order valence-electron chi connectivity index (χ2n) is 5.52. The lowest BCUT2D eigenvalue weighted by Gasteiger charge is -2.31. The van der Waals surface area contributed by atoms with Gasteiger partial charge in [0.1, 0.15) is 5.75 Å². The third-order valence-corrected chi connectivity index (χ3v) is 4.24. The minimum Gasteiger partial charge on any atom is -0.494 e. The highest BCUT2D eigenvalue weighted by atomic mass is 35.5. The highest BCUT2D eigenvalue weighted by Gasteiger charge is 2.17. The van der Waals surface area contributed by atoms with Crippen molar-refractivity contribution >= 4 is 11.6 Å². The molecule has 0 aliphatic carbocycles. The summed E-state index contributed by atoms with van der Waals surface area (Å²) in [6, 6.07) is 7.56. The molecule has 112 valence electrons. The highest BCUT2D eigenvalue weighted by molar-refractivity contribution is 6.30. The molecule has 1 fully saturated rings. The molecule has 1 aromatic rings. The van der Waals surface area contributed by atoms with Crippen molar-refractivity contribution in [3.8, 4) is 5.75 Å². The van der Waals surface area contributed by atoms with Crippen LogP contribution in [0.1, 0.15) is 25.7 Å². The Kier molecular flexibility index (Phi) is 6.64. The molecule has 2 rings (SSSR count). The van der Waals surface area contributed by atoms with E-state index in [2.05, 4.69) is 4.90 Å². The number of rotatable bonds is 7. The molecule has 0 radical (unpaired) electrons. The van der Waals surface area contributed by atoms with E-state index in [1.807, 2.05) is 24.3 Å². The van der Waals surface area contributed by atoms with Crippen molar-refractivity contribution in [3.63, 3.8) is 0 Å². The molecule has 1 aromatic carbocycles. The van der Waals surface area contributed by atoms with Gasteiger partial charge < -0.3 is 15.4 Å². The summed E-state index contributed by atoms with van der Waals surface area (Å²) in [5, 5.41) is 0.748. The Bertz CT molecular complexity index is 375. The van der Waals surface area contributed by atoms with Crippen LogP contribution < -0.4 is 10.5 Å². The molecule has 1 aliphatic heterocycles.